The molecular weight excluding hydrogens is 494 g/mol. The van der Waals surface area contributed by atoms with Crippen LogP contribution in [0.5, 0.6) is 0 Å². The number of carbonyl (C=O) groups is 1. The Morgan fingerprint density at radius 1 is 1.29 bits per heavy atom. The van der Waals surface area contributed by atoms with Crippen molar-refractivity contribution in [3.63, 3.8) is 0 Å². The molecule has 0 saturated carbocycles. The van der Waals surface area contributed by atoms with Crippen LogP contribution in [0.4, 0.5) is 22.7 Å². The molecule has 1 aromatic carbocycles. The van der Waals surface area contributed by atoms with Gasteiger partial charge in [0.1, 0.15) is 16.7 Å². The zero-order chi connectivity index (χ0) is 24.6. The van der Waals surface area contributed by atoms with Gasteiger partial charge in [0.05, 0.1) is 35.1 Å². The van der Waals surface area contributed by atoms with E-state index in [2.05, 4.69) is 26.8 Å². The first kappa shape index (κ1) is 24.1. The van der Waals surface area contributed by atoms with Gasteiger partial charge in [-0.05, 0) is 38.0 Å². The fourth-order valence-corrected chi connectivity index (χ4v) is 4.70. The highest BCUT2D eigenvalue weighted by atomic mass is 35.5. The zero-order valence-corrected chi connectivity index (χ0v) is 19.4. The Labute approximate surface area is 201 Å². The molecular formula is C22H18ClF4N5OS. The third kappa shape index (κ3) is 5.20. The molecule has 0 radical (unpaired) electrons. The van der Waals surface area contributed by atoms with Crippen molar-refractivity contribution in [3.8, 4) is 11.3 Å². The number of hydrogen-bond acceptors (Lipinski definition) is 6. The SMILES string of the molecule is C=C1CC[C@@H](C)N1Cc1sc(NC(=O)c2cnc(Cl)cn2)nc1-c1cc(F)cc(C(F)(F)F)c1. The molecule has 2 aromatic heterocycles. The van der Waals surface area contributed by atoms with Crippen LogP contribution < -0.4 is 5.32 Å². The highest BCUT2D eigenvalue weighted by Crippen LogP contribution is 2.38. The van der Waals surface area contributed by atoms with Gasteiger partial charge in [0, 0.05) is 17.3 Å². The molecule has 1 aliphatic heterocycles. The minimum atomic E-state index is -4.73. The number of hydrogen-bond donors (Lipinski definition) is 1. The highest BCUT2D eigenvalue weighted by Gasteiger charge is 2.32. The monoisotopic (exact) mass is 511 g/mol. The van der Waals surface area contributed by atoms with Gasteiger partial charge >= 0.3 is 6.18 Å². The molecule has 3 heterocycles. The van der Waals surface area contributed by atoms with Gasteiger partial charge in [0.15, 0.2) is 5.13 Å². The Balaban J connectivity index is 1.73. The first-order valence-corrected chi connectivity index (χ1v) is 11.3. The molecule has 1 amide bonds. The molecule has 1 atom stereocenters. The smallest absolute Gasteiger partial charge is 0.367 e. The summed E-state index contributed by atoms with van der Waals surface area (Å²) in [5, 5.41) is 2.82. The second-order valence-corrected chi connectivity index (χ2v) is 9.25. The Kier molecular flexibility index (Phi) is 6.59. The molecule has 0 spiro atoms. The number of alkyl halides is 3. The summed E-state index contributed by atoms with van der Waals surface area (Å²) < 4.78 is 54.0. The van der Waals surface area contributed by atoms with Gasteiger partial charge in [-0.15, -0.1) is 0 Å². The number of carbonyl (C=O) groups excluding carboxylic acids is 1. The predicted molar refractivity (Wildman–Crippen MR) is 121 cm³/mol. The van der Waals surface area contributed by atoms with Gasteiger partial charge in [-0.1, -0.05) is 29.5 Å². The van der Waals surface area contributed by atoms with Crippen molar-refractivity contribution >= 4 is 34.0 Å². The number of rotatable bonds is 5. The number of anilines is 1. The first-order chi connectivity index (χ1) is 16.0. The number of thiazole rings is 1. The van der Waals surface area contributed by atoms with Crippen LogP contribution >= 0.6 is 22.9 Å². The Morgan fingerprint density at radius 3 is 2.68 bits per heavy atom. The van der Waals surface area contributed by atoms with Crippen LogP contribution in [0, 0.1) is 5.82 Å². The molecule has 178 valence electrons. The van der Waals surface area contributed by atoms with Crippen LogP contribution in [-0.2, 0) is 12.7 Å². The lowest BCUT2D eigenvalue weighted by Crippen LogP contribution is -2.24. The maximum Gasteiger partial charge on any atom is 0.416 e. The fraction of sp³-hybridized carbons (Fsp3) is 0.273. The molecule has 3 aromatic rings. The summed E-state index contributed by atoms with van der Waals surface area (Å²) in [7, 11) is 0. The van der Waals surface area contributed by atoms with E-state index in [9.17, 15) is 22.4 Å². The zero-order valence-electron chi connectivity index (χ0n) is 17.8. The summed E-state index contributed by atoms with van der Waals surface area (Å²) in [6.07, 6.45) is -0.641. The Hall–Kier alpha value is -3.05. The lowest BCUT2D eigenvalue weighted by molar-refractivity contribution is -0.137. The van der Waals surface area contributed by atoms with E-state index >= 15 is 0 Å². The second-order valence-electron chi connectivity index (χ2n) is 7.78. The predicted octanol–water partition coefficient (Wildman–Crippen LogP) is 6.16. The topological polar surface area (TPSA) is 71.0 Å². The number of likely N-dealkylation sites (tertiary alicyclic amines) is 1. The minimum Gasteiger partial charge on any atom is -0.367 e. The van der Waals surface area contributed by atoms with Crippen molar-refractivity contribution in [1.29, 1.82) is 0 Å². The minimum absolute atomic E-state index is 0.0191. The third-order valence-corrected chi connectivity index (χ3v) is 6.52. The highest BCUT2D eigenvalue weighted by molar-refractivity contribution is 7.16. The van der Waals surface area contributed by atoms with Gasteiger partial charge in [0.25, 0.3) is 5.91 Å². The quantitative estimate of drug-likeness (QED) is 0.415. The van der Waals surface area contributed by atoms with Crippen LogP contribution in [0.15, 0.2) is 42.9 Å². The molecule has 0 bridgehead atoms. The van der Waals surface area contributed by atoms with Gasteiger partial charge in [-0.25, -0.2) is 19.3 Å². The van der Waals surface area contributed by atoms with E-state index in [-0.39, 0.29) is 33.3 Å². The van der Waals surface area contributed by atoms with Crippen LogP contribution in [-0.4, -0.2) is 31.8 Å². The lowest BCUT2D eigenvalue weighted by Gasteiger charge is -2.24. The van der Waals surface area contributed by atoms with E-state index in [1.807, 2.05) is 11.8 Å². The van der Waals surface area contributed by atoms with Crippen molar-refractivity contribution in [1.82, 2.24) is 19.9 Å². The molecule has 0 aliphatic carbocycles. The van der Waals surface area contributed by atoms with Crippen LogP contribution in [0.2, 0.25) is 5.15 Å². The summed E-state index contributed by atoms with van der Waals surface area (Å²) in [4.78, 5) is 27.2. The molecule has 6 nitrogen and oxygen atoms in total. The van der Waals surface area contributed by atoms with Crippen molar-refractivity contribution in [2.45, 2.75) is 38.5 Å². The molecule has 0 unspecified atom stereocenters. The summed E-state index contributed by atoms with van der Waals surface area (Å²) in [5.74, 6) is -1.66. The van der Waals surface area contributed by atoms with Crippen LogP contribution in [0.25, 0.3) is 11.3 Å². The number of halogens is 5. The molecule has 4 rings (SSSR count). The second kappa shape index (κ2) is 9.30. The Morgan fingerprint density at radius 2 is 2.06 bits per heavy atom. The van der Waals surface area contributed by atoms with Crippen molar-refractivity contribution in [3.05, 3.63) is 70.0 Å². The largest absolute Gasteiger partial charge is 0.416 e. The molecule has 1 aliphatic rings. The average molecular weight is 512 g/mol. The number of benzene rings is 1. The third-order valence-electron chi connectivity index (χ3n) is 5.37. The number of allylic oxidation sites excluding steroid dienone is 1. The average Bonchev–Trinajstić information content (AvgIpc) is 3.31. The first-order valence-electron chi connectivity index (χ1n) is 10.1. The summed E-state index contributed by atoms with van der Waals surface area (Å²) in [5.41, 5.74) is -0.136. The van der Waals surface area contributed by atoms with E-state index in [1.165, 1.54) is 12.4 Å². The van der Waals surface area contributed by atoms with Crippen molar-refractivity contribution in [2.75, 3.05) is 5.32 Å². The molecule has 1 fully saturated rings. The summed E-state index contributed by atoms with van der Waals surface area (Å²) in [6, 6.07) is 2.44. The van der Waals surface area contributed by atoms with E-state index in [1.54, 1.807) is 0 Å². The summed E-state index contributed by atoms with van der Waals surface area (Å²) in [6.45, 7) is 6.38. The maximum atomic E-state index is 14.1. The van der Waals surface area contributed by atoms with Crippen molar-refractivity contribution in [2.24, 2.45) is 0 Å². The van der Waals surface area contributed by atoms with E-state index in [4.69, 9.17) is 11.6 Å². The number of amides is 1. The molecule has 1 saturated heterocycles. The molecule has 12 heteroatoms. The molecule has 1 N–H and O–H groups in total. The van der Waals surface area contributed by atoms with Gasteiger partial charge in [-0.2, -0.15) is 13.2 Å². The number of nitrogens with zero attached hydrogens (tertiary/aromatic N) is 4. The Bertz CT molecular complexity index is 1250. The normalized spacial score (nSPS) is 16.2. The summed E-state index contributed by atoms with van der Waals surface area (Å²) >= 11 is 6.78. The van der Waals surface area contributed by atoms with Gasteiger partial charge < -0.3 is 4.90 Å². The number of nitrogens with one attached hydrogen (secondary N) is 1. The number of aromatic nitrogens is 3. The van der Waals surface area contributed by atoms with E-state index in [0.29, 0.717) is 17.5 Å². The van der Waals surface area contributed by atoms with Gasteiger partial charge in [0.2, 0.25) is 0 Å². The van der Waals surface area contributed by atoms with Crippen LogP contribution in [0.3, 0.4) is 0 Å². The molecule has 34 heavy (non-hydrogen) atoms. The standard InChI is InChI=1S/C22H18ClF4N5OS/c1-11-3-4-12(2)32(11)10-17-19(13-5-14(22(25,26)27)7-15(24)6-13)30-21(34-17)31-20(33)16-8-29-18(23)9-28-16/h5-9,12H,1,3-4,10H2,2H3,(H,30,31,33)/t12-/m1/s1. The van der Waals surface area contributed by atoms with Gasteiger partial charge in [-0.3, -0.25) is 10.1 Å². The van der Waals surface area contributed by atoms with Crippen molar-refractivity contribution < 1.29 is 22.4 Å². The maximum absolute atomic E-state index is 14.1. The lowest BCUT2D eigenvalue weighted by atomic mass is 10.1. The van der Waals surface area contributed by atoms with Crippen LogP contribution in [0.1, 0.15) is 40.7 Å². The van der Waals surface area contributed by atoms with E-state index in [0.717, 1.165) is 42.0 Å². The fourth-order valence-electron chi connectivity index (χ4n) is 3.63. The van der Waals surface area contributed by atoms with E-state index < -0.39 is 23.5 Å².